The summed E-state index contributed by atoms with van der Waals surface area (Å²) < 4.78 is 6.42. The van der Waals surface area contributed by atoms with Crippen molar-refractivity contribution in [3.8, 4) is 0 Å². The van der Waals surface area contributed by atoms with Crippen LogP contribution in [0.2, 0.25) is 0 Å². The molecule has 0 unspecified atom stereocenters. The first-order valence-electron chi connectivity index (χ1n) is 6.10. The van der Waals surface area contributed by atoms with E-state index >= 15 is 0 Å². The van der Waals surface area contributed by atoms with Crippen LogP contribution in [0.15, 0.2) is 15.9 Å². The van der Waals surface area contributed by atoms with Gasteiger partial charge in [0.2, 0.25) is 0 Å². The molecule has 3 nitrogen and oxygen atoms in total. The van der Waals surface area contributed by atoms with Crippen LogP contribution < -0.4 is 0 Å². The van der Waals surface area contributed by atoms with E-state index < -0.39 is 5.54 Å². The first kappa shape index (κ1) is 14.2. The molecule has 0 spiro atoms. The minimum Gasteiger partial charge on any atom is -0.379 e. The molecule has 1 aliphatic rings. The van der Waals surface area contributed by atoms with Crippen molar-refractivity contribution in [2.75, 3.05) is 26.3 Å². The number of hydrogen-bond acceptors (Lipinski definition) is 4. The number of Topliss-reactive ketones (excluding diaryl/α,β-unsaturated/α-hetero) is 1. The van der Waals surface area contributed by atoms with E-state index in [2.05, 4.69) is 20.8 Å². The number of rotatable bonds is 4. The third kappa shape index (κ3) is 3.20. The fourth-order valence-electron chi connectivity index (χ4n) is 2.12. The van der Waals surface area contributed by atoms with Crippen LogP contribution in [0.5, 0.6) is 0 Å². The molecular formula is C13H18BrNO2S. The molecule has 0 aliphatic carbocycles. The van der Waals surface area contributed by atoms with Gasteiger partial charge in [-0.05, 0) is 41.9 Å². The van der Waals surface area contributed by atoms with Gasteiger partial charge in [-0.1, -0.05) is 0 Å². The number of halogens is 1. The average Bonchev–Trinajstić information content (AvgIpc) is 2.76. The quantitative estimate of drug-likeness (QED) is 0.849. The van der Waals surface area contributed by atoms with Gasteiger partial charge in [-0.25, -0.2) is 0 Å². The summed E-state index contributed by atoms with van der Waals surface area (Å²) in [5, 5.41) is 0. The third-order valence-electron chi connectivity index (χ3n) is 3.45. The Kier molecular flexibility index (Phi) is 4.59. The molecular weight excluding hydrogens is 314 g/mol. The van der Waals surface area contributed by atoms with Gasteiger partial charge in [0.1, 0.15) is 0 Å². The minimum absolute atomic E-state index is 0.277. The molecule has 1 saturated heterocycles. The van der Waals surface area contributed by atoms with Crippen molar-refractivity contribution in [2.45, 2.75) is 25.8 Å². The molecule has 0 radical (unpaired) electrons. The molecule has 1 aromatic rings. The Balaban J connectivity index is 2.02. The standard InChI is InChI=1S/C13H18BrNO2S/c1-13(2,15-5-7-17-8-6-15)11(16)9-10-3-4-12(14)18-10/h3-4H,5-9H2,1-2H3. The number of ether oxygens (including phenoxy) is 1. The Labute approximate surface area is 120 Å². The summed E-state index contributed by atoms with van der Waals surface area (Å²) in [5.74, 6) is 0.277. The van der Waals surface area contributed by atoms with E-state index in [-0.39, 0.29) is 5.78 Å². The van der Waals surface area contributed by atoms with E-state index in [1.807, 2.05) is 26.0 Å². The zero-order chi connectivity index (χ0) is 13.2. The highest BCUT2D eigenvalue weighted by atomic mass is 79.9. The summed E-state index contributed by atoms with van der Waals surface area (Å²) >= 11 is 5.06. The second kappa shape index (κ2) is 5.82. The molecule has 0 atom stereocenters. The molecule has 1 fully saturated rings. The van der Waals surface area contributed by atoms with E-state index in [1.165, 1.54) is 0 Å². The van der Waals surface area contributed by atoms with Gasteiger partial charge in [-0.2, -0.15) is 0 Å². The molecule has 2 rings (SSSR count). The largest absolute Gasteiger partial charge is 0.379 e. The van der Waals surface area contributed by atoms with Crippen LogP contribution >= 0.6 is 27.3 Å². The fraction of sp³-hybridized carbons (Fsp3) is 0.615. The Hall–Kier alpha value is -0.230. The van der Waals surface area contributed by atoms with Crippen molar-refractivity contribution in [1.29, 1.82) is 0 Å². The SMILES string of the molecule is CC(C)(C(=O)Cc1ccc(Br)s1)N1CCOCC1. The van der Waals surface area contributed by atoms with Crippen LogP contribution in [-0.2, 0) is 16.0 Å². The molecule has 5 heteroatoms. The van der Waals surface area contributed by atoms with E-state index in [0.717, 1.165) is 35.0 Å². The van der Waals surface area contributed by atoms with Crippen LogP contribution in [0.3, 0.4) is 0 Å². The molecule has 0 amide bonds. The van der Waals surface area contributed by atoms with Gasteiger partial charge < -0.3 is 4.74 Å². The zero-order valence-corrected chi connectivity index (χ0v) is 13.1. The second-order valence-electron chi connectivity index (χ2n) is 4.96. The van der Waals surface area contributed by atoms with E-state index in [9.17, 15) is 4.79 Å². The highest BCUT2D eigenvalue weighted by Gasteiger charge is 2.35. The topological polar surface area (TPSA) is 29.5 Å². The Morgan fingerprint density at radius 1 is 1.44 bits per heavy atom. The summed E-state index contributed by atoms with van der Waals surface area (Å²) in [7, 11) is 0. The van der Waals surface area contributed by atoms with Gasteiger partial charge in [0.05, 0.1) is 22.5 Å². The molecule has 1 aliphatic heterocycles. The number of nitrogens with zero attached hydrogens (tertiary/aromatic N) is 1. The van der Waals surface area contributed by atoms with Gasteiger partial charge in [0.25, 0.3) is 0 Å². The first-order valence-corrected chi connectivity index (χ1v) is 7.71. The maximum atomic E-state index is 12.5. The summed E-state index contributed by atoms with van der Waals surface area (Å²) in [4.78, 5) is 15.8. The van der Waals surface area contributed by atoms with E-state index in [4.69, 9.17) is 4.74 Å². The van der Waals surface area contributed by atoms with Crippen molar-refractivity contribution in [1.82, 2.24) is 4.90 Å². The van der Waals surface area contributed by atoms with Crippen molar-refractivity contribution in [3.63, 3.8) is 0 Å². The van der Waals surface area contributed by atoms with Crippen LogP contribution in [0.1, 0.15) is 18.7 Å². The Morgan fingerprint density at radius 3 is 2.67 bits per heavy atom. The van der Waals surface area contributed by atoms with Gasteiger partial charge in [-0.15, -0.1) is 11.3 Å². The smallest absolute Gasteiger partial charge is 0.157 e. The van der Waals surface area contributed by atoms with Crippen molar-refractivity contribution in [2.24, 2.45) is 0 Å². The monoisotopic (exact) mass is 331 g/mol. The molecule has 0 aromatic carbocycles. The summed E-state index contributed by atoms with van der Waals surface area (Å²) in [6.45, 7) is 7.16. The van der Waals surface area contributed by atoms with Crippen LogP contribution in [0.4, 0.5) is 0 Å². The lowest BCUT2D eigenvalue weighted by molar-refractivity contribution is -0.131. The summed E-state index contributed by atoms with van der Waals surface area (Å²) in [5.41, 5.74) is -0.403. The molecule has 100 valence electrons. The van der Waals surface area contributed by atoms with Crippen molar-refractivity contribution < 1.29 is 9.53 Å². The van der Waals surface area contributed by atoms with Gasteiger partial charge >= 0.3 is 0 Å². The van der Waals surface area contributed by atoms with Crippen LogP contribution in [-0.4, -0.2) is 42.5 Å². The highest BCUT2D eigenvalue weighted by Crippen LogP contribution is 2.25. The molecule has 0 saturated carbocycles. The number of ketones is 1. The second-order valence-corrected chi connectivity index (χ2v) is 7.51. The number of thiophene rings is 1. The lowest BCUT2D eigenvalue weighted by Crippen LogP contribution is -2.54. The van der Waals surface area contributed by atoms with Crippen molar-refractivity contribution in [3.05, 3.63) is 20.8 Å². The summed E-state index contributed by atoms with van der Waals surface area (Å²) in [6.07, 6.45) is 0.515. The highest BCUT2D eigenvalue weighted by molar-refractivity contribution is 9.11. The van der Waals surface area contributed by atoms with E-state index in [1.54, 1.807) is 11.3 Å². The molecule has 0 bridgehead atoms. The number of hydrogen-bond donors (Lipinski definition) is 0. The average molecular weight is 332 g/mol. The fourth-order valence-corrected chi connectivity index (χ4v) is 3.60. The Bertz CT molecular complexity index is 424. The summed E-state index contributed by atoms with van der Waals surface area (Å²) in [6, 6.07) is 4.01. The van der Waals surface area contributed by atoms with Gasteiger partial charge in [0, 0.05) is 24.4 Å². The number of morpholine rings is 1. The maximum absolute atomic E-state index is 12.5. The van der Waals surface area contributed by atoms with E-state index in [0.29, 0.717) is 6.42 Å². The van der Waals surface area contributed by atoms with Crippen LogP contribution in [0.25, 0.3) is 0 Å². The predicted molar refractivity (Wildman–Crippen MR) is 77.2 cm³/mol. The molecule has 2 heterocycles. The van der Waals surface area contributed by atoms with Gasteiger partial charge in [-0.3, -0.25) is 9.69 Å². The molecule has 18 heavy (non-hydrogen) atoms. The lowest BCUT2D eigenvalue weighted by atomic mass is 9.93. The number of carbonyl (C=O) groups is 1. The zero-order valence-electron chi connectivity index (χ0n) is 10.7. The Morgan fingerprint density at radius 2 is 2.11 bits per heavy atom. The lowest BCUT2D eigenvalue weighted by Gasteiger charge is -2.39. The maximum Gasteiger partial charge on any atom is 0.157 e. The van der Waals surface area contributed by atoms with Crippen LogP contribution in [0, 0.1) is 0 Å². The number of carbonyl (C=O) groups excluding carboxylic acids is 1. The molecule has 0 N–H and O–H groups in total. The minimum atomic E-state index is -0.403. The molecule has 1 aromatic heterocycles. The van der Waals surface area contributed by atoms with Crippen molar-refractivity contribution >= 4 is 33.0 Å². The normalized spacial score (nSPS) is 17.9. The first-order chi connectivity index (χ1) is 8.50. The van der Waals surface area contributed by atoms with Gasteiger partial charge in [0.15, 0.2) is 5.78 Å². The predicted octanol–water partition coefficient (Wildman–Crippen LogP) is 2.73. The third-order valence-corrected chi connectivity index (χ3v) is 5.07.